The van der Waals surface area contributed by atoms with Crippen molar-refractivity contribution in [1.29, 1.82) is 0 Å². The van der Waals surface area contributed by atoms with Gasteiger partial charge in [0, 0.05) is 19.5 Å². The molecule has 0 N–H and O–H groups in total. The summed E-state index contributed by atoms with van der Waals surface area (Å²) in [4.78, 5) is 0. The summed E-state index contributed by atoms with van der Waals surface area (Å²) in [7, 11) is 1.69. The number of rotatable bonds is 4. The minimum atomic E-state index is 0.0627. The lowest BCUT2D eigenvalue weighted by atomic mass is 9.87. The van der Waals surface area contributed by atoms with E-state index in [1.54, 1.807) is 24.2 Å². The average molecular weight is 183 g/mol. The van der Waals surface area contributed by atoms with Gasteiger partial charge in [-0.2, -0.15) is 5.10 Å². The van der Waals surface area contributed by atoms with Gasteiger partial charge in [0.1, 0.15) is 0 Å². The Balaban J connectivity index is 2.01. The average Bonchev–Trinajstić information content (AvgIpc) is 2.48. The third-order valence-electron chi connectivity index (χ3n) is 2.27. The Morgan fingerprint density at radius 3 is 3.08 bits per heavy atom. The van der Waals surface area contributed by atoms with Crippen LogP contribution >= 0.6 is 0 Å². The summed E-state index contributed by atoms with van der Waals surface area (Å²) in [6.45, 7) is 2.88. The maximum absolute atomic E-state index is 7.35. The highest BCUT2D eigenvalue weighted by molar-refractivity contribution is 4.88. The van der Waals surface area contributed by atoms with E-state index in [1.807, 2.05) is 0 Å². The van der Waals surface area contributed by atoms with Gasteiger partial charge in [0.15, 0.2) is 0 Å². The highest BCUT2D eigenvalue weighted by Gasteiger charge is 2.39. The van der Waals surface area contributed by atoms with E-state index in [2.05, 4.69) is 5.10 Å². The van der Waals surface area contributed by atoms with Crippen molar-refractivity contribution in [2.45, 2.75) is 6.54 Å². The Labute approximate surface area is 78.9 Å². The van der Waals surface area contributed by atoms with Gasteiger partial charge in [-0.3, -0.25) is 4.68 Å². The fraction of sp³-hybridized carbons (Fsp3) is 0.667. The third kappa shape index (κ3) is 1.73. The lowest BCUT2D eigenvalue weighted by Gasteiger charge is -2.40. The summed E-state index contributed by atoms with van der Waals surface area (Å²) in [5, 5.41) is 4.08. The Morgan fingerprint density at radius 2 is 2.62 bits per heavy atom. The molecule has 1 saturated heterocycles. The van der Waals surface area contributed by atoms with Crippen LogP contribution in [0.3, 0.4) is 0 Å². The smallest absolute Gasteiger partial charge is 0.0656 e. The molecule has 4 heteroatoms. The van der Waals surface area contributed by atoms with Gasteiger partial charge >= 0.3 is 0 Å². The van der Waals surface area contributed by atoms with Crippen molar-refractivity contribution in [3.63, 3.8) is 0 Å². The van der Waals surface area contributed by atoms with E-state index in [1.165, 1.54) is 0 Å². The number of aromatic nitrogens is 2. The molecule has 0 atom stereocenters. The van der Waals surface area contributed by atoms with Crippen molar-refractivity contribution >= 4 is 0 Å². The first-order chi connectivity index (χ1) is 6.74. The molecule has 0 radical (unpaired) electrons. The predicted octanol–water partition coefficient (Wildman–Crippen LogP) is 0.546. The zero-order valence-electron chi connectivity index (χ0n) is 8.69. The van der Waals surface area contributed by atoms with Gasteiger partial charge in [-0.05, 0) is 6.04 Å². The van der Waals surface area contributed by atoms with Crippen molar-refractivity contribution in [1.82, 2.24) is 9.78 Å². The molecule has 1 aromatic heterocycles. The number of ether oxygens (including phenoxy) is 2. The highest BCUT2D eigenvalue weighted by atomic mass is 16.5. The van der Waals surface area contributed by atoms with Gasteiger partial charge in [0.2, 0.25) is 0 Å². The van der Waals surface area contributed by atoms with Crippen LogP contribution in [0, 0.1) is 5.41 Å². The molecular weight excluding hydrogens is 168 g/mol. The van der Waals surface area contributed by atoms with Gasteiger partial charge in [-0.25, -0.2) is 0 Å². The molecule has 72 valence electrons. The van der Waals surface area contributed by atoms with E-state index >= 15 is 0 Å². The van der Waals surface area contributed by atoms with Crippen LogP contribution in [0.2, 0.25) is 0 Å². The van der Waals surface area contributed by atoms with Gasteiger partial charge < -0.3 is 9.47 Å². The second-order valence-electron chi connectivity index (χ2n) is 3.56. The summed E-state index contributed by atoms with van der Waals surface area (Å²) in [6, 6.07) is 0.442. The van der Waals surface area contributed by atoms with Crippen LogP contribution < -0.4 is 0 Å². The summed E-state index contributed by atoms with van der Waals surface area (Å²) in [5.74, 6) is 0. The SMILES string of the molecule is [2H]c1cnn(CC2(COC)COC2)c1. The fourth-order valence-electron chi connectivity index (χ4n) is 1.61. The van der Waals surface area contributed by atoms with Crippen LogP contribution in [0.4, 0.5) is 0 Å². The lowest BCUT2D eigenvalue weighted by Crippen LogP contribution is -2.49. The van der Waals surface area contributed by atoms with Gasteiger partial charge in [-0.1, -0.05) is 0 Å². The second-order valence-corrected chi connectivity index (χ2v) is 3.56. The molecule has 0 unspecified atom stereocenters. The molecule has 0 spiro atoms. The molecule has 1 aromatic rings. The topological polar surface area (TPSA) is 36.3 Å². The molecule has 2 rings (SSSR count). The summed E-state index contributed by atoms with van der Waals surface area (Å²) >= 11 is 0. The van der Waals surface area contributed by atoms with Crippen molar-refractivity contribution in [2.75, 3.05) is 26.9 Å². The minimum Gasteiger partial charge on any atom is -0.384 e. The van der Waals surface area contributed by atoms with Gasteiger partial charge in [0.05, 0.1) is 33.2 Å². The van der Waals surface area contributed by atoms with Crippen molar-refractivity contribution in [3.8, 4) is 0 Å². The van der Waals surface area contributed by atoms with Crippen LogP contribution in [-0.2, 0) is 16.0 Å². The van der Waals surface area contributed by atoms with Crippen LogP contribution in [0.25, 0.3) is 0 Å². The third-order valence-corrected chi connectivity index (χ3v) is 2.27. The van der Waals surface area contributed by atoms with E-state index in [0.29, 0.717) is 25.9 Å². The van der Waals surface area contributed by atoms with Gasteiger partial charge in [-0.15, -0.1) is 0 Å². The second kappa shape index (κ2) is 3.47. The predicted molar refractivity (Wildman–Crippen MR) is 47.4 cm³/mol. The maximum atomic E-state index is 7.35. The number of nitrogens with zero attached hydrogens (tertiary/aromatic N) is 2. The molecule has 13 heavy (non-hydrogen) atoms. The first-order valence-electron chi connectivity index (χ1n) is 4.80. The number of methoxy groups -OCH3 is 1. The van der Waals surface area contributed by atoms with E-state index in [9.17, 15) is 0 Å². The van der Waals surface area contributed by atoms with Crippen LogP contribution in [0.1, 0.15) is 1.37 Å². The van der Waals surface area contributed by atoms with E-state index in [-0.39, 0.29) is 5.41 Å². The van der Waals surface area contributed by atoms with E-state index in [0.717, 1.165) is 6.54 Å². The first-order valence-corrected chi connectivity index (χ1v) is 4.30. The zero-order chi connectivity index (χ0) is 10.0. The van der Waals surface area contributed by atoms with Crippen molar-refractivity contribution < 1.29 is 10.8 Å². The van der Waals surface area contributed by atoms with Crippen molar-refractivity contribution in [2.24, 2.45) is 5.41 Å². The highest BCUT2D eigenvalue weighted by Crippen LogP contribution is 2.29. The molecule has 1 aliphatic heterocycles. The monoisotopic (exact) mass is 183 g/mol. The van der Waals surface area contributed by atoms with Crippen LogP contribution in [0.5, 0.6) is 0 Å². The molecule has 4 nitrogen and oxygen atoms in total. The Hall–Kier alpha value is -0.870. The molecule has 1 aliphatic rings. The first kappa shape index (κ1) is 7.53. The van der Waals surface area contributed by atoms with Crippen LogP contribution in [0.15, 0.2) is 18.4 Å². The fourth-order valence-corrected chi connectivity index (χ4v) is 1.61. The maximum Gasteiger partial charge on any atom is 0.0656 e. The Bertz CT molecular complexity index is 310. The number of hydrogen-bond donors (Lipinski definition) is 0. The molecule has 0 amide bonds. The van der Waals surface area contributed by atoms with Crippen LogP contribution in [-0.4, -0.2) is 36.7 Å². The summed E-state index contributed by atoms with van der Waals surface area (Å²) in [6.07, 6.45) is 3.26. The largest absolute Gasteiger partial charge is 0.384 e. The zero-order valence-corrected chi connectivity index (χ0v) is 7.69. The summed E-state index contributed by atoms with van der Waals surface area (Å²) in [5.41, 5.74) is 0.0627. The molecule has 0 saturated carbocycles. The Morgan fingerprint density at radius 1 is 1.77 bits per heavy atom. The molecule has 0 aromatic carbocycles. The lowest BCUT2D eigenvalue weighted by molar-refractivity contribution is -0.152. The Kier molecular flexibility index (Phi) is 2.01. The van der Waals surface area contributed by atoms with E-state index in [4.69, 9.17) is 10.8 Å². The molecular formula is C9H14N2O2. The van der Waals surface area contributed by atoms with Crippen molar-refractivity contribution in [3.05, 3.63) is 18.4 Å². The molecule has 2 heterocycles. The van der Waals surface area contributed by atoms with E-state index < -0.39 is 0 Å². The normalized spacial score (nSPS) is 20.8. The molecule has 0 bridgehead atoms. The standard InChI is InChI=1S/C9H14N2O2/c1-12-6-9(7-13-8-9)5-11-4-2-3-10-11/h2-4H,5-8H2,1H3/i2D. The number of hydrogen-bond acceptors (Lipinski definition) is 3. The van der Waals surface area contributed by atoms with Gasteiger partial charge in [0.25, 0.3) is 0 Å². The minimum absolute atomic E-state index is 0.0627. The summed E-state index contributed by atoms with van der Waals surface area (Å²) < 4.78 is 19.5. The molecule has 0 aliphatic carbocycles. The quantitative estimate of drug-likeness (QED) is 0.683. The molecule has 1 fully saturated rings.